The molecule has 5 aliphatic carbocycles. The highest BCUT2D eigenvalue weighted by atomic mass is 35.5. The first-order chi connectivity index (χ1) is 15.9. The second-order valence-electron chi connectivity index (χ2n) is 13.0. The van der Waals surface area contributed by atoms with Gasteiger partial charge in [-0.05, 0) is 79.8 Å². The molecule has 0 saturated heterocycles. The molecule has 0 aromatic rings. The average molecular weight is 489 g/mol. The van der Waals surface area contributed by atoms with Crippen LogP contribution in [0, 0.1) is 28.6 Å². The molecule has 3 N–H and O–H groups in total. The largest absolute Gasteiger partial charge is 0.481 e. The molecule has 188 valence electrons. The van der Waals surface area contributed by atoms with Crippen LogP contribution in [0.25, 0.3) is 0 Å². The predicted octanol–water partition coefficient (Wildman–Crippen LogP) is 5.76. The summed E-state index contributed by atoms with van der Waals surface area (Å²) in [6, 6.07) is 0.0904. The molecule has 4 saturated carbocycles. The van der Waals surface area contributed by atoms with Crippen LogP contribution in [0.1, 0.15) is 85.5 Å². The Morgan fingerprint density at radius 1 is 1.29 bits per heavy atom. The van der Waals surface area contributed by atoms with Crippen molar-refractivity contribution in [3.63, 3.8) is 0 Å². The molecule has 2 bridgehead atoms. The third kappa shape index (κ3) is 3.96. The first kappa shape index (κ1) is 24.4. The van der Waals surface area contributed by atoms with Crippen molar-refractivity contribution >= 4 is 17.6 Å². The highest BCUT2D eigenvalue weighted by Gasteiger charge is 2.63. The summed E-state index contributed by atoms with van der Waals surface area (Å²) in [7, 11) is 0. The van der Waals surface area contributed by atoms with Crippen LogP contribution >= 0.6 is 11.6 Å². The second-order valence-corrected chi connectivity index (χ2v) is 13.4. The van der Waals surface area contributed by atoms with Gasteiger partial charge in [-0.1, -0.05) is 57.9 Å². The molecule has 0 spiro atoms. The molecule has 0 aromatic heterocycles. The zero-order chi connectivity index (χ0) is 24.5. The number of hydrogen-bond donors (Lipinski definition) is 3. The number of nitrogens with one attached hydrogen (secondary N) is 1. The molecule has 4 unspecified atom stereocenters. The van der Waals surface area contributed by atoms with E-state index in [9.17, 15) is 15.0 Å². The van der Waals surface area contributed by atoms with Crippen molar-refractivity contribution in [2.45, 2.75) is 103 Å². The van der Waals surface area contributed by atoms with Crippen LogP contribution in [-0.4, -0.2) is 39.0 Å². The maximum Gasteiger partial charge on any atom is 0.309 e. The number of allylic oxidation sites excluding steroid dienone is 3. The molecule has 6 heteroatoms. The molecule has 1 aliphatic heterocycles. The molecule has 5 nitrogen and oxygen atoms in total. The lowest BCUT2D eigenvalue weighted by Gasteiger charge is -2.55. The van der Waals surface area contributed by atoms with E-state index in [1.54, 1.807) is 0 Å². The number of nitrogens with zero attached hydrogens (tertiary/aromatic N) is 1. The van der Waals surface area contributed by atoms with Gasteiger partial charge >= 0.3 is 5.97 Å². The van der Waals surface area contributed by atoms with Crippen LogP contribution in [0.2, 0.25) is 0 Å². The van der Waals surface area contributed by atoms with Crippen LogP contribution in [0.4, 0.5) is 0 Å². The summed E-state index contributed by atoms with van der Waals surface area (Å²) in [5.74, 6) is 0.300. The van der Waals surface area contributed by atoms with Gasteiger partial charge in [0.25, 0.3) is 0 Å². The fourth-order valence-electron chi connectivity index (χ4n) is 7.50. The van der Waals surface area contributed by atoms with Crippen LogP contribution in [-0.2, 0) is 4.79 Å². The zero-order valence-electron chi connectivity index (χ0n) is 21.1. The van der Waals surface area contributed by atoms with Crippen molar-refractivity contribution in [3.05, 3.63) is 34.5 Å². The zero-order valence-corrected chi connectivity index (χ0v) is 21.9. The number of hydrogen-bond acceptors (Lipinski definition) is 4. The molecular weight excluding hydrogens is 448 g/mol. The monoisotopic (exact) mass is 488 g/mol. The molecule has 0 aromatic carbocycles. The van der Waals surface area contributed by atoms with Gasteiger partial charge in [-0.25, -0.2) is 0 Å². The van der Waals surface area contributed by atoms with Crippen molar-refractivity contribution in [2.24, 2.45) is 28.6 Å². The number of aliphatic carboxylic acids is 1. The minimum Gasteiger partial charge on any atom is -0.481 e. The molecular formula is C28H41ClN2O3. The van der Waals surface area contributed by atoms with Gasteiger partial charge in [0.15, 0.2) is 6.35 Å². The predicted molar refractivity (Wildman–Crippen MR) is 135 cm³/mol. The van der Waals surface area contributed by atoms with E-state index in [4.69, 9.17) is 11.6 Å². The van der Waals surface area contributed by atoms with Gasteiger partial charge in [-0.2, -0.15) is 0 Å². The van der Waals surface area contributed by atoms with Gasteiger partial charge in [0.05, 0.1) is 11.0 Å². The molecule has 6 aliphatic rings. The molecule has 5 atom stereocenters. The summed E-state index contributed by atoms with van der Waals surface area (Å²) in [5.41, 5.74) is 2.01. The van der Waals surface area contributed by atoms with E-state index < -0.39 is 17.7 Å². The van der Waals surface area contributed by atoms with E-state index in [0.717, 1.165) is 56.4 Å². The molecule has 0 radical (unpaired) electrons. The van der Waals surface area contributed by atoms with Crippen LogP contribution in [0.15, 0.2) is 34.5 Å². The van der Waals surface area contributed by atoms with Crippen LogP contribution < -0.4 is 5.32 Å². The number of carbonyl (C=O) groups is 1. The molecule has 4 fully saturated rings. The fourth-order valence-corrected chi connectivity index (χ4v) is 7.82. The van der Waals surface area contributed by atoms with Crippen molar-refractivity contribution in [2.75, 3.05) is 0 Å². The first-order valence-electron chi connectivity index (χ1n) is 13.2. The summed E-state index contributed by atoms with van der Waals surface area (Å²) in [5, 5.41) is 25.6. The Labute approximate surface area is 209 Å². The summed E-state index contributed by atoms with van der Waals surface area (Å²) in [6.45, 7) is 9.09. The minimum absolute atomic E-state index is 0.0904. The van der Waals surface area contributed by atoms with E-state index in [0.29, 0.717) is 18.3 Å². The van der Waals surface area contributed by atoms with Gasteiger partial charge in [-0.3, -0.25) is 10.1 Å². The van der Waals surface area contributed by atoms with Crippen LogP contribution in [0.5, 0.6) is 0 Å². The highest BCUT2D eigenvalue weighted by molar-refractivity contribution is 6.32. The number of aliphatic hydroxyl groups is 1. The number of rotatable bonds is 5. The van der Waals surface area contributed by atoms with E-state index in [1.165, 1.54) is 11.1 Å². The van der Waals surface area contributed by atoms with Gasteiger partial charge < -0.3 is 15.1 Å². The lowest BCUT2D eigenvalue weighted by molar-refractivity contribution is -0.153. The third-order valence-electron chi connectivity index (χ3n) is 9.55. The summed E-state index contributed by atoms with van der Waals surface area (Å²) >= 11 is 6.85. The van der Waals surface area contributed by atoms with E-state index in [2.05, 4.69) is 56.3 Å². The molecule has 6 rings (SSSR count). The van der Waals surface area contributed by atoms with Crippen molar-refractivity contribution < 1.29 is 15.0 Å². The quantitative estimate of drug-likeness (QED) is 0.459. The Morgan fingerprint density at radius 2 is 2.03 bits per heavy atom. The lowest BCUT2D eigenvalue weighted by Crippen LogP contribution is -2.66. The van der Waals surface area contributed by atoms with E-state index in [1.807, 2.05) is 0 Å². The summed E-state index contributed by atoms with van der Waals surface area (Å²) < 4.78 is 0. The maximum absolute atomic E-state index is 11.8. The SMILES string of the molecule is CC1CCC[C@]2(C3C=C(Cl)C(CCC(C)(C)C)=CC3)NC(O)N(C3CC4(C(=O)O)CC3C4)C=C12. The maximum atomic E-state index is 11.8. The van der Waals surface area contributed by atoms with Crippen molar-refractivity contribution in [1.82, 2.24) is 10.2 Å². The van der Waals surface area contributed by atoms with E-state index >= 15 is 0 Å². The van der Waals surface area contributed by atoms with Crippen LogP contribution in [0.3, 0.4) is 0 Å². The topological polar surface area (TPSA) is 72.8 Å². The number of halogens is 1. The normalized spacial score (nSPS) is 41.8. The molecule has 1 heterocycles. The lowest BCUT2D eigenvalue weighted by atomic mass is 9.63. The van der Waals surface area contributed by atoms with Gasteiger partial charge in [0, 0.05) is 23.2 Å². The number of carboxylic acid groups (broad SMARTS) is 1. The van der Waals surface area contributed by atoms with Gasteiger partial charge in [0.2, 0.25) is 0 Å². The Hall–Kier alpha value is -1.30. The van der Waals surface area contributed by atoms with E-state index in [-0.39, 0.29) is 22.9 Å². The number of aliphatic hydroxyl groups excluding tert-OH is 1. The second kappa shape index (κ2) is 8.38. The van der Waals surface area contributed by atoms with Crippen molar-refractivity contribution in [3.8, 4) is 0 Å². The van der Waals surface area contributed by atoms with Crippen molar-refractivity contribution in [1.29, 1.82) is 0 Å². The van der Waals surface area contributed by atoms with Gasteiger partial charge in [-0.15, -0.1) is 0 Å². The standard InChI is InChI=1S/C28H41ClN2O3/c1-17-6-5-10-28(20-8-7-18(22(29)12-20)9-11-26(2,3)4)21(17)16-31(25(34)30-28)23-15-27(24(32)33)13-19(23)14-27/h7,12,16-17,19-20,23,25,30,34H,5-6,8-11,13-15H2,1-4H3,(H,32,33)/t17?,19?,20?,23?,25?,27?,28-/m1/s1. The third-order valence-corrected chi connectivity index (χ3v) is 9.92. The smallest absolute Gasteiger partial charge is 0.309 e. The van der Waals surface area contributed by atoms with Gasteiger partial charge in [0.1, 0.15) is 0 Å². The Kier molecular flexibility index (Phi) is 6.02. The first-order valence-corrected chi connectivity index (χ1v) is 13.6. The number of fused-ring (bicyclic) bond motifs is 2. The number of carboxylic acids is 1. The molecule has 0 amide bonds. The Morgan fingerprint density at radius 3 is 2.65 bits per heavy atom. The minimum atomic E-state index is -0.803. The molecule has 34 heavy (non-hydrogen) atoms. The fraction of sp³-hybridized carbons (Fsp3) is 0.750. The average Bonchev–Trinajstić information content (AvgIpc) is 3.29. The Balaban J connectivity index is 1.40. The summed E-state index contributed by atoms with van der Waals surface area (Å²) in [4.78, 5) is 13.9. The summed E-state index contributed by atoms with van der Waals surface area (Å²) in [6.07, 6.45) is 14.4. The Bertz CT molecular complexity index is 942. The highest BCUT2D eigenvalue weighted by Crippen LogP contribution is 2.61.